The van der Waals surface area contributed by atoms with Crippen LogP contribution in [0.25, 0.3) is 0 Å². The van der Waals surface area contributed by atoms with E-state index in [-0.39, 0.29) is 0 Å². The monoisotopic (exact) mass is 272 g/mol. The van der Waals surface area contributed by atoms with E-state index in [1.165, 1.54) is 38.5 Å². The maximum Gasteiger partial charge on any atom is 0.213 e. The van der Waals surface area contributed by atoms with Crippen LogP contribution in [0.1, 0.15) is 44.1 Å². The fraction of sp³-hybridized carbons (Fsp3) is 0.706. The van der Waals surface area contributed by atoms with E-state index in [0.717, 1.165) is 35.8 Å². The van der Waals surface area contributed by atoms with Gasteiger partial charge >= 0.3 is 0 Å². The summed E-state index contributed by atoms with van der Waals surface area (Å²) in [5.41, 5.74) is 7.12. The van der Waals surface area contributed by atoms with Gasteiger partial charge in [-0.3, -0.25) is 0 Å². The van der Waals surface area contributed by atoms with Crippen molar-refractivity contribution in [3.05, 3.63) is 23.9 Å². The third-order valence-electron chi connectivity index (χ3n) is 5.72. The van der Waals surface area contributed by atoms with E-state index in [9.17, 15) is 0 Å². The molecule has 4 fully saturated rings. The minimum Gasteiger partial charge on any atom is -0.477 e. The first kappa shape index (κ1) is 12.6. The molecular formula is C17H24N2O. The van der Waals surface area contributed by atoms with E-state index in [1.54, 1.807) is 0 Å². The van der Waals surface area contributed by atoms with Crippen molar-refractivity contribution in [2.75, 3.05) is 6.61 Å². The number of nitrogens with two attached hydrogens (primary N) is 1. The van der Waals surface area contributed by atoms with E-state index >= 15 is 0 Å². The molecule has 0 radical (unpaired) electrons. The Morgan fingerprint density at radius 1 is 1.10 bits per heavy atom. The highest BCUT2D eigenvalue weighted by Gasteiger charge is 2.51. The Morgan fingerprint density at radius 2 is 1.75 bits per heavy atom. The van der Waals surface area contributed by atoms with Crippen molar-refractivity contribution in [2.24, 2.45) is 28.9 Å². The van der Waals surface area contributed by atoms with Gasteiger partial charge in [0.15, 0.2) is 0 Å². The minimum absolute atomic E-state index is 0.461. The Balaban J connectivity index is 1.43. The molecule has 4 aliphatic rings. The predicted octanol–water partition coefficient (Wildman–Crippen LogP) is 3.14. The van der Waals surface area contributed by atoms with Gasteiger partial charge in [0.2, 0.25) is 5.88 Å². The highest BCUT2D eigenvalue weighted by molar-refractivity contribution is 5.17. The lowest BCUT2D eigenvalue weighted by atomic mass is 9.50. The van der Waals surface area contributed by atoms with Crippen LogP contribution in [-0.4, -0.2) is 11.6 Å². The van der Waals surface area contributed by atoms with Crippen molar-refractivity contribution in [1.29, 1.82) is 0 Å². The molecule has 0 amide bonds. The number of nitrogens with zero attached hydrogens (tertiary/aromatic N) is 1. The molecule has 0 aliphatic heterocycles. The molecule has 1 aromatic rings. The van der Waals surface area contributed by atoms with E-state index in [2.05, 4.69) is 4.98 Å². The molecule has 0 unspecified atom stereocenters. The summed E-state index contributed by atoms with van der Waals surface area (Å²) in [4.78, 5) is 4.36. The summed E-state index contributed by atoms with van der Waals surface area (Å²) in [7, 11) is 0. The molecule has 1 aromatic heterocycles. The normalized spacial score (nSPS) is 38.1. The summed E-state index contributed by atoms with van der Waals surface area (Å²) in [5, 5.41) is 0. The van der Waals surface area contributed by atoms with Gasteiger partial charge < -0.3 is 10.5 Å². The molecule has 0 saturated heterocycles. The Hall–Kier alpha value is -1.09. The molecular weight excluding hydrogens is 248 g/mol. The quantitative estimate of drug-likeness (QED) is 0.916. The lowest BCUT2D eigenvalue weighted by Gasteiger charge is -2.56. The smallest absolute Gasteiger partial charge is 0.213 e. The maximum atomic E-state index is 6.04. The summed E-state index contributed by atoms with van der Waals surface area (Å²) in [6.45, 7) is 1.41. The lowest BCUT2D eigenvalue weighted by molar-refractivity contribution is -0.0751. The zero-order valence-corrected chi connectivity index (χ0v) is 12.1. The topological polar surface area (TPSA) is 48.1 Å². The molecule has 4 saturated carbocycles. The first-order valence-corrected chi connectivity index (χ1v) is 8.02. The molecule has 108 valence electrons. The third-order valence-corrected chi connectivity index (χ3v) is 5.72. The fourth-order valence-corrected chi connectivity index (χ4v) is 5.31. The highest BCUT2D eigenvalue weighted by atomic mass is 16.5. The zero-order chi connectivity index (χ0) is 13.6. The number of pyridine rings is 1. The van der Waals surface area contributed by atoms with Gasteiger partial charge in [-0.15, -0.1) is 0 Å². The van der Waals surface area contributed by atoms with Crippen LogP contribution in [0.4, 0.5) is 0 Å². The van der Waals surface area contributed by atoms with Crippen molar-refractivity contribution in [3.8, 4) is 5.88 Å². The molecule has 3 nitrogen and oxygen atoms in total. The molecule has 5 rings (SSSR count). The van der Waals surface area contributed by atoms with Gasteiger partial charge in [0.1, 0.15) is 0 Å². The molecule has 2 N–H and O–H groups in total. The first-order valence-electron chi connectivity index (χ1n) is 8.02. The van der Waals surface area contributed by atoms with Crippen LogP contribution >= 0.6 is 0 Å². The van der Waals surface area contributed by atoms with Crippen LogP contribution in [0.15, 0.2) is 18.3 Å². The Kier molecular flexibility index (Phi) is 2.99. The summed E-state index contributed by atoms with van der Waals surface area (Å²) < 4.78 is 6.04. The van der Waals surface area contributed by atoms with Crippen molar-refractivity contribution in [2.45, 2.75) is 45.1 Å². The Labute approximate surface area is 120 Å². The molecule has 0 atom stereocenters. The van der Waals surface area contributed by atoms with Gasteiger partial charge in [-0.2, -0.15) is 0 Å². The second kappa shape index (κ2) is 4.73. The SMILES string of the molecule is NCc1ccc(OCC23CC4CC(CC(C4)C2)C3)nc1. The molecule has 20 heavy (non-hydrogen) atoms. The van der Waals surface area contributed by atoms with E-state index < -0.39 is 0 Å². The Morgan fingerprint density at radius 3 is 2.25 bits per heavy atom. The fourth-order valence-electron chi connectivity index (χ4n) is 5.31. The van der Waals surface area contributed by atoms with Crippen molar-refractivity contribution < 1.29 is 4.74 Å². The number of hydrogen-bond donors (Lipinski definition) is 1. The first-order chi connectivity index (χ1) is 9.75. The molecule has 1 heterocycles. The van der Waals surface area contributed by atoms with Gasteiger partial charge in [-0.1, -0.05) is 6.07 Å². The molecule has 4 bridgehead atoms. The average Bonchev–Trinajstić information content (AvgIpc) is 2.44. The lowest BCUT2D eigenvalue weighted by Crippen LogP contribution is -2.48. The zero-order valence-electron chi connectivity index (χ0n) is 12.1. The van der Waals surface area contributed by atoms with E-state index in [0.29, 0.717) is 12.0 Å². The van der Waals surface area contributed by atoms with Crippen LogP contribution in [0.2, 0.25) is 0 Å². The number of ether oxygens (including phenoxy) is 1. The number of rotatable bonds is 4. The average molecular weight is 272 g/mol. The van der Waals surface area contributed by atoms with Crippen LogP contribution in [0.5, 0.6) is 5.88 Å². The summed E-state index contributed by atoms with van der Waals surface area (Å²) in [6.07, 6.45) is 10.5. The Bertz CT molecular complexity index is 447. The van der Waals surface area contributed by atoms with Crippen LogP contribution in [0, 0.1) is 23.2 Å². The summed E-state index contributed by atoms with van der Waals surface area (Å²) in [5.74, 6) is 3.71. The predicted molar refractivity (Wildman–Crippen MR) is 78.2 cm³/mol. The largest absolute Gasteiger partial charge is 0.477 e. The number of hydrogen-bond acceptors (Lipinski definition) is 3. The van der Waals surface area contributed by atoms with Crippen LogP contribution < -0.4 is 10.5 Å². The van der Waals surface area contributed by atoms with Crippen molar-refractivity contribution in [1.82, 2.24) is 4.98 Å². The van der Waals surface area contributed by atoms with Gasteiger partial charge in [-0.25, -0.2) is 4.98 Å². The summed E-state index contributed by atoms with van der Waals surface area (Å²) in [6, 6.07) is 3.98. The van der Waals surface area contributed by atoms with E-state index in [1.807, 2.05) is 18.3 Å². The van der Waals surface area contributed by atoms with Gasteiger partial charge in [0, 0.05) is 24.2 Å². The molecule has 3 heteroatoms. The van der Waals surface area contributed by atoms with E-state index in [4.69, 9.17) is 10.5 Å². The molecule has 4 aliphatic carbocycles. The standard InChI is InChI=1S/C17H24N2O/c18-9-12-1-2-16(19-10-12)20-11-17-6-13-3-14(7-17)5-15(4-13)8-17/h1-2,10,13-15H,3-9,11,18H2. The second-order valence-corrected chi connectivity index (χ2v) is 7.42. The van der Waals surface area contributed by atoms with Crippen LogP contribution in [0.3, 0.4) is 0 Å². The van der Waals surface area contributed by atoms with Crippen molar-refractivity contribution in [3.63, 3.8) is 0 Å². The van der Waals surface area contributed by atoms with Gasteiger partial charge in [0.05, 0.1) is 6.61 Å². The minimum atomic E-state index is 0.461. The van der Waals surface area contributed by atoms with Gasteiger partial charge in [-0.05, 0) is 61.8 Å². The highest BCUT2D eigenvalue weighted by Crippen LogP contribution is 2.59. The van der Waals surface area contributed by atoms with Crippen molar-refractivity contribution >= 4 is 0 Å². The van der Waals surface area contributed by atoms with Gasteiger partial charge in [0.25, 0.3) is 0 Å². The maximum absolute atomic E-state index is 6.04. The third kappa shape index (κ3) is 2.22. The molecule has 0 spiro atoms. The molecule has 0 aromatic carbocycles. The second-order valence-electron chi connectivity index (χ2n) is 7.42. The number of aromatic nitrogens is 1. The summed E-state index contributed by atoms with van der Waals surface area (Å²) >= 11 is 0. The van der Waals surface area contributed by atoms with Crippen LogP contribution in [-0.2, 0) is 6.54 Å².